The van der Waals surface area contributed by atoms with Crippen LogP contribution in [-0.2, 0) is 0 Å². The summed E-state index contributed by atoms with van der Waals surface area (Å²) in [5, 5.41) is 3.23. The molecule has 1 aliphatic rings. The van der Waals surface area contributed by atoms with Gasteiger partial charge in [0.2, 0.25) is 0 Å². The molecule has 0 saturated carbocycles. The first-order valence-corrected chi connectivity index (χ1v) is 4.81. The van der Waals surface area contributed by atoms with Crippen molar-refractivity contribution in [3.05, 3.63) is 29.8 Å². The number of nitrogens with one attached hydrogen (secondary N) is 1. The van der Waals surface area contributed by atoms with E-state index in [0.717, 1.165) is 31.5 Å². The molecule has 0 radical (unpaired) electrons. The molecule has 1 aromatic rings. The van der Waals surface area contributed by atoms with Crippen LogP contribution in [0.5, 0.6) is 5.75 Å². The second-order valence-electron chi connectivity index (χ2n) is 3.42. The summed E-state index contributed by atoms with van der Waals surface area (Å²) in [5.74, 6) is 0.837. The van der Waals surface area contributed by atoms with Crippen LogP contribution in [0.2, 0.25) is 0 Å². The highest BCUT2D eigenvalue weighted by Crippen LogP contribution is 2.15. The summed E-state index contributed by atoms with van der Waals surface area (Å²) < 4.78 is 5.70. The summed E-state index contributed by atoms with van der Waals surface area (Å²) in [7, 11) is 0. The van der Waals surface area contributed by atoms with E-state index < -0.39 is 0 Å². The lowest BCUT2D eigenvalue weighted by molar-refractivity contribution is 0.112. The van der Waals surface area contributed by atoms with Crippen molar-refractivity contribution in [2.45, 2.75) is 12.5 Å². The second kappa shape index (κ2) is 4.24. The highest BCUT2D eigenvalue weighted by Gasteiger charge is 2.15. The zero-order valence-corrected chi connectivity index (χ0v) is 7.90. The van der Waals surface area contributed by atoms with Crippen molar-refractivity contribution in [1.29, 1.82) is 0 Å². The van der Waals surface area contributed by atoms with E-state index in [-0.39, 0.29) is 6.10 Å². The third-order valence-electron chi connectivity index (χ3n) is 2.33. The van der Waals surface area contributed by atoms with Crippen molar-refractivity contribution in [3.8, 4) is 5.75 Å². The van der Waals surface area contributed by atoms with E-state index >= 15 is 0 Å². The fourth-order valence-corrected chi connectivity index (χ4v) is 1.55. The molecular formula is C11H13NO2. The summed E-state index contributed by atoms with van der Waals surface area (Å²) in [6.07, 6.45) is 2.16. The Bertz CT molecular complexity index is 302. The number of hydrogen-bond acceptors (Lipinski definition) is 3. The second-order valence-corrected chi connectivity index (χ2v) is 3.42. The van der Waals surface area contributed by atoms with Gasteiger partial charge in [-0.2, -0.15) is 0 Å². The number of aldehydes is 1. The highest BCUT2D eigenvalue weighted by molar-refractivity contribution is 5.74. The smallest absolute Gasteiger partial charge is 0.150 e. The lowest BCUT2D eigenvalue weighted by atomic mass is 10.2. The Labute approximate surface area is 83.1 Å². The van der Waals surface area contributed by atoms with Gasteiger partial charge in [0.25, 0.3) is 0 Å². The van der Waals surface area contributed by atoms with Crippen molar-refractivity contribution < 1.29 is 9.53 Å². The Morgan fingerprint density at radius 3 is 2.71 bits per heavy atom. The van der Waals surface area contributed by atoms with E-state index in [4.69, 9.17) is 4.74 Å². The normalized spacial score (nSPS) is 20.7. The molecule has 1 heterocycles. The zero-order chi connectivity index (χ0) is 9.80. The van der Waals surface area contributed by atoms with E-state index in [1.54, 1.807) is 12.1 Å². The number of carbonyl (C=O) groups excluding carboxylic acids is 1. The number of hydrogen-bond donors (Lipinski definition) is 1. The lowest BCUT2D eigenvalue weighted by Gasteiger charge is -2.11. The van der Waals surface area contributed by atoms with Gasteiger partial charge in [0.15, 0.2) is 0 Å². The molecule has 1 saturated heterocycles. The quantitative estimate of drug-likeness (QED) is 0.730. The summed E-state index contributed by atoms with van der Waals surface area (Å²) in [6.45, 7) is 1.94. The van der Waals surface area contributed by atoms with Crippen molar-refractivity contribution in [2.24, 2.45) is 0 Å². The lowest BCUT2D eigenvalue weighted by Crippen LogP contribution is -2.19. The van der Waals surface area contributed by atoms with Crippen molar-refractivity contribution in [2.75, 3.05) is 13.1 Å². The maximum absolute atomic E-state index is 10.4. The van der Waals surface area contributed by atoms with E-state index in [2.05, 4.69) is 5.32 Å². The Kier molecular flexibility index (Phi) is 2.79. The maximum atomic E-state index is 10.4. The summed E-state index contributed by atoms with van der Waals surface area (Å²) in [5.41, 5.74) is 0.682. The molecule has 0 amide bonds. The molecule has 0 bridgehead atoms. The van der Waals surface area contributed by atoms with Gasteiger partial charge in [-0.05, 0) is 37.2 Å². The average molecular weight is 191 g/mol. The molecule has 0 spiro atoms. The van der Waals surface area contributed by atoms with Crippen LogP contribution in [0.4, 0.5) is 0 Å². The molecule has 0 aliphatic carbocycles. The van der Waals surface area contributed by atoms with Crippen LogP contribution in [0.1, 0.15) is 16.8 Å². The van der Waals surface area contributed by atoms with E-state index in [1.807, 2.05) is 12.1 Å². The first kappa shape index (κ1) is 9.21. The third-order valence-corrected chi connectivity index (χ3v) is 2.33. The highest BCUT2D eigenvalue weighted by atomic mass is 16.5. The summed E-state index contributed by atoms with van der Waals surface area (Å²) >= 11 is 0. The number of carbonyl (C=O) groups is 1. The van der Waals surface area contributed by atoms with Crippen LogP contribution in [-0.4, -0.2) is 25.5 Å². The molecule has 3 heteroatoms. The summed E-state index contributed by atoms with van der Waals surface area (Å²) in [6, 6.07) is 7.21. The van der Waals surface area contributed by atoms with Crippen LogP contribution in [0.15, 0.2) is 24.3 Å². The number of ether oxygens (including phenoxy) is 1. The van der Waals surface area contributed by atoms with E-state index in [9.17, 15) is 4.79 Å². The Morgan fingerprint density at radius 2 is 2.14 bits per heavy atom. The number of benzene rings is 1. The van der Waals surface area contributed by atoms with Gasteiger partial charge in [0, 0.05) is 12.1 Å². The Hall–Kier alpha value is -1.35. The fraction of sp³-hybridized carbons (Fsp3) is 0.364. The summed E-state index contributed by atoms with van der Waals surface area (Å²) in [4.78, 5) is 10.4. The van der Waals surface area contributed by atoms with Crippen molar-refractivity contribution in [3.63, 3.8) is 0 Å². The van der Waals surface area contributed by atoms with Crippen molar-refractivity contribution in [1.82, 2.24) is 5.32 Å². The van der Waals surface area contributed by atoms with Gasteiger partial charge in [-0.25, -0.2) is 0 Å². The third kappa shape index (κ3) is 2.12. The fourth-order valence-electron chi connectivity index (χ4n) is 1.55. The van der Waals surface area contributed by atoms with E-state index in [1.165, 1.54) is 0 Å². The first-order valence-electron chi connectivity index (χ1n) is 4.81. The van der Waals surface area contributed by atoms with Gasteiger partial charge in [0.05, 0.1) is 0 Å². The molecule has 14 heavy (non-hydrogen) atoms. The molecule has 1 unspecified atom stereocenters. The van der Waals surface area contributed by atoms with Gasteiger partial charge >= 0.3 is 0 Å². The Morgan fingerprint density at radius 1 is 1.36 bits per heavy atom. The molecular weight excluding hydrogens is 178 g/mol. The predicted molar refractivity (Wildman–Crippen MR) is 53.7 cm³/mol. The van der Waals surface area contributed by atoms with Crippen LogP contribution >= 0.6 is 0 Å². The van der Waals surface area contributed by atoms with Crippen molar-refractivity contribution >= 4 is 6.29 Å². The molecule has 1 aliphatic heterocycles. The van der Waals surface area contributed by atoms with Crippen LogP contribution < -0.4 is 10.1 Å². The Balaban J connectivity index is 1.98. The maximum Gasteiger partial charge on any atom is 0.150 e. The minimum Gasteiger partial charge on any atom is -0.489 e. The van der Waals surface area contributed by atoms with Crippen LogP contribution in [0.25, 0.3) is 0 Å². The average Bonchev–Trinajstić information content (AvgIpc) is 2.72. The van der Waals surface area contributed by atoms with Gasteiger partial charge in [-0.15, -0.1) is 0 Å². The number of rotatable bonds is 3. The molecule has 2 rings (SSSR count). The molecule has 1 aromatic carbocycles. The van der Waals surface area contributed by atoms with Crippen LogP contribution in [0, 0.1) is 0 Å². The van der Waals surface area contributed by atoms with E-state index in [0.29, 0.717) is 5.56 Å². The SMILES string of the molecule is O=Cc1ccc(OC2CCNC2)cc1. The predicted octanol–water partition coefficient (Wildman–Crippen LogP) is 1.24. The topological polar surface area (TPSA) is 38.3 Å². The minimum absolute atomic E-state index is 0.275. The van der Waals surface area contributed by atoms with Gasteiger partial charge < -0.3 is 10.1 Å². The monoisotopic (exact) mass is 191 g/mol. The zero-order valence-electron chi connectivity index (χ0n) is 7.90. The molecule has 1 fully saturated rings. The van der Waals surface area contributed by atoms with Gasteiger partial charge in [-0.1, -0.05) is 0 Å². The molecule has 1 atom stereocenters. The minimum atomic E-state index is 0.275. The standard InChI is InChI=1S/C11H13NO2/c13-8-9-1-3-10(4-2-9)14-11-5-6-12-7-11/h1-4,8,11-12H,5-7H2. The first-order chi connectivity index (χ1) is 6.88. The largest absolute Gasteiger partial charge is 0.489 e. The van der Waals surface area contributed by atoms with Gasteiger partial charge in [-0.3, -0.25) is 4.79 Å². The van der Waals surface area contributed by atoms with Crippen LogP contribution in [0.3, 0.4) is 0 Å². The molecule has 3 nitrogen and oxygen atoms in total. The van der Waals surface area contributed by atoms with Gasteiger partial charge in [0.1, 0.15) is 18.1 Å². The molecule has 1 N–H and O–H groups in total. The molecule has 74 valence electrons. The molecule has 0 aromatic heterocycles.